The topological polar surface area (TPSA) is 61.2 Å². The minimum atomic E-state index is -0.336. The average Bonchev–Trinajstić information content (AvgIpc) is 3.26. The number of hydrogen-bond acceptors (Lipinski definition) is 6. The summed E-state index contributed by atoms with van der Waals surface area (Å²) in [6, 6.07) is 7.14. The third kappa shape index (κ3) is 3.06. The summed E-state index contributed by atoms with van der Waals surface area (Å²) in [4.78, 5) is 32.5. The minimum Gasteiger partial charge on any atom is -0.465 e. The van der Waals surface area contributed by atoms with Crippen LogP contribution in [-0.4, -0.2) is 27.4 Å². The van der Waals surface area contributed by atoms with Gasteiger partial charge in [0.2, 0.25) is 0 Å². The number of halogens is 1. The van der Waals surface area contributed by atoms with E-state index in [0.29, 0.717) is 28.9 Å². The number of nitrogens with zero attached hydrogens (tertiary/aromatic N) is 2. The molecule has 1 atom stereocenters. The van der Waals surface area contributed by atoms with Crippen LogP contribution in [0.1, 0.15) is 29.7 Å². The van der Waals surface area contributed by atoms with Gasteiger partial charge in [0.05, 0.1) is 17.7 Å². The van der Waals surface area contributed by atoms with Gasteiger partial charge < -0.3 is 4.74 Å². The predicted molar refractivity (Wildman–Crippen MR) is 112 cm³/mol. The number of ether oxygens (including phenoxy) is 1. The van der Waals surface area contributed by atoms with Crippen molar-refractivity contribution in [2.24, 2.45) is 0 Å². The van der Waals surface area contributed by atoms with E-state index >= 15 is 0 Å². The molecule has 0 bridgehead atoms. The number of rotatable bonds is 3. The number of benzene rings is 1. The summed E-state index contributed by atoms with van der Waals surface area (Å²) < 4.78 is 6.71. The molecule has 0 unspecified atom stereocenters. The number of aromatic nitrogens is 2. The van der Waals surface area contributed by atoms with E-state index in [2.05, 4.69) is 0 Å². The Kier molecular flexibility index (Phi) is 4.69. The largest absolute Gasteiger partial charge is 0.465 e. The van der Waals surface area contributed by atoms with E-state index in [0.717, 1.165) is 41.5 Å². The fraction of sp³-hybridized carbons (Fsp3) is 0.350. The molecule has 28 heavy (non-hydrogen) atoms. The first-order valence-corrected chi connectivity index (χ1v) is 11.4. The lowest BCUT2D eigenvalue weighted by Crippen LogP contribution is -2.23. The van der Waals surface area contributed by atoms with Crippen LogP contribution in [0, 0.1) is 0 Å². The van der Waals surface area contributed by atoms with Gasteiger partial charge in [-0.3, -0.25) is 14.2 Å². The highest BCUT2D eigenvalue weighted by Gasteiger charge is 2.31. The quantitative estimate of drug-likeness (QED) is 0.453. The van der Waals surface area contributed by atoms with Crippen LogP contribution in [-0.2, 0) is 22.4 Å². The number of cyclic esters (lactones) is 1. The van der Waals surface area contributed by atoms with E-state index in [1.165, 1.54) is 16.6 Å². The molecule has 0 spiro atoms. The molecule has 1 aromatic carbocycles. The van der Waals surface area contributed by atoms with Crippen LogP contribution in [0.2, 0.25) is 5.02 Å². The van der Waals surface area contributed by atoms with E-state index in [9.17, 15) is 9.59 Å². The summed E-state index contributed by atoms with van der Waals surface area (Å²) in [6.45, 7) is 0.414. The zero-order valence-corrected chi connectivity index (χ0v) is 17.3. The van der Waals surface area contributed by atoms with Gasteiger partial charge >= 0.3 is 5.97 Å². The number of hydrogen-bond donors (Lipinski definition) is 0. The van der Waals surface area contributed by atoms with Crippen molar-refractivity contribution in [1.82, 2.24) is 9.55 Å². The second kappa shape index (κ2) is 7.21. The summed E-state index contributed by atoms with van der Waals surface area (Å²) in [5.74, 6) is -0.243. The zero-order chi connectivity index (χ0) is 19.3. The van der Waals surface area contributed by atoms with Gasteiger partial charge in [-0.05, 0) is 55.5 Å². The lowest BCUT2D eigenvalue weighted by atomic mass is 9.97. The van der Waals surface area contributed by atoms with Crippen LogP contribution in [0.3, 0.4) is 0 Å². The zero-order valence-electron chi connectivity index (χ0n) is 14.9. The molecular formula is C20H17ClN2O3S2. The monoisotopic (exact) mass is 432 g/mol. The van der Waals surface area contributed by atoms with E-state index in [4.69, 9.17) is 21.3 Å². The standard InChI is InChI=1S/C20H17ClN2O3S2/c21-11-5-7-12(8-6-11)23-18(24)16-13-3-1-2-4-14(13)27-17(16)22-20(23)28-15-9-10-26-19(15)25/h5-8,15H,1-4,9-10H2/t15-/m1/s1. The van der Waals surface area contributed by atoms with Crippen molar-refractivity contribution in [3.8, 4) is 5.69 Å². The Morgan fingerprint density at radius 2 is 1.96 bits per heavy atom. The van der Waals surface area contributed by atoms with Gasteiger partial charge in [0.1, 0.15) is 10.1 Å². The summed E-state index contributed by atoms with van der Waals surface area (Å²) >= 11 is 8.97. The SMILES string of the molecule is O=C1OCC[C@H]1Sc1nc2sc3c(c2c(=O)n1-c1ccc(Cl)cc1)CCCC3. The molecule has 1 aliphatic heterocycles. The van der Waals surface area contributed by atoms with Crippen molar-refractivity contribution in [2.45, 2.75) is 42.5 Å². The first-order chi connectivity index (χ1) is 13.6. The van der Waals surface area contributed by atoms with Crippen LogP contribution in [0.15, 0.2) is 34.2 Å². The molecule has 0 N–H and O–H groups in total. The number of thiophene rings is 1. The third-order valence-electron chi connectivity index (χ3n) is 5.18. The molecule has 1 fully saturated rings. The van der Waals surface area contributed by atoms with Crippen LogP contribution in [0.25, 0.3) is 15.9 Å². The molecular weight excluding hydrogens is 416 g/mol. The molecule has 0 radical (unpaired) electrons. The van der Waals surface area contributed by atoms with Crippen LogP contribution < -0.4 is 5.56 Å². The Bertz CT molecular complexity index is 1140. The van der Waals surface area contributed by atoms with Gasteiger partial charge in [-0.1, -0.05) is 23.4 Å². The molecule has 5 nitrogen and oxygen atoms in total. The molecule has 2 aromatic heterocycles. The number of esters is 1. The lowest BCUT2D eigenvalue weighted by molar-refractivity contribution is -0.137. The van der Waals surface area contributed by atoms with E-state index < -0.39 is 0 Å². The molecule has 0 amide bonds. The second-order valence-electron chi connectivity index (χ2n) is 6.97. The Balaban J connectivity index is 1.73. The van der Waals surface area contributed by atoms with E-state index in [-0.39, 0.29) is 16.8 Å². The van der Waals surface area contributed by atoms with Crippen molar-refractivity contribution in [2.75, 3.05) is 6.61 Å². The Hall–Kier alpha value is -1.83. The normalized spacial score (nSPS) is 19.0. The van der Waals surface area contributed by atoms with Gasteiger partial charge in [0.15, 0.2) is 5.16 Å². The Labute approximate surface area is 174 Å². The van der Waals surface area contributed by atoms with Gasteiger partial charge in [0.25, 0.3) is 5.56 Å². The number of aryl methyl sites for hydroxylation is 2. The van der Waals surface area contributed by atoms with Crippen LogP contribution >= 0.6 is 34.7 Å². The van der Waals surface area contributed by atoms with Crippen molar-refractivity contribution >= 4 is 50.9 Å². The summed E-state index contributed by atoms with van der Waals surface area (Å²) in [5.41, 5.74) is 1.79. The molecule has 8 heteroatoms. The van der Waals surface area contributed by atoms with E-state index in [1.807, 2.05) is 12.1 Å². The third-order valence-corrected chi connectivity index (χ3v) is 7.81. The summed E-state index contributed by atoms with van der Waals surface area (Å²) in [7, 11) is 0. The van der Waals surface area contributed by atoms with E-state index in [1.54, 1.807) is 28.0 Å². The summed E-state index contributed by atoms with van der Waals surface area (Å²) in [6.07, 6.45) is 4.81. The molecule has 0 saturated carbocycles. The molecule has 5 rings (SSSR count). The first kappa shape index (κ1) is 18.2. The van der Waals surface area contributed by atoms with Crippen molar-refractivity contribution in [3.63, 3.8) is 0 Å². The number of carbonyl (C=O) groups is 1. The van der Waals surface area contributed by atoms with Crippen LogP contribution in [0.4, 0.5) is 0 Å². The molecule has 3 aromatic rings. The molecule has 1 aliphatic carbocycles. The summed E-state index contributed by atoms with van der Waals surface area (Å²) in [5, 5.41) is 1.53. The van der Waals surface area contributed by atoms with Crippen molar-refractivity contribution in [3.05, 3.63) is 50.1 Å². The van der Waals surface area contributed by atoms with Crippen molar-refractivity contribution in [1.29, 1.82) is 0 Å². The predicted octanol–water partition coefficient (Wildman–Crippen LogP) is 4.39. The van der Waals surface area contributed by atoms with Gasteiger partial charge in [-0.15, -0.1) is 11.3 Å². The lowest BCUT2D eigenvalue weighted by Gasteiger charge is -2.14. The molecule has 3 heterocycles. The molecule has 144 valence electrons. The smallest absolute Gasteiger partial charge is 0.319 e. The van der Waals surface area contributed by atoms with Crippen LogP contribution in [0.5, 0.6) is 0 Å². The molecule has 1 saturated heterocycles. The highest BCUT2D eigenvalue weighted by Crippen LogP contribution is 2.36. The van der Waals surface area contributed by atoms with Gasteiger partial charge in [-0.25, -0.2) is 4.98 Å². The second-order valence-corrected chi connectivity index (χ2v) is 9.66. The number of carbonyl (C=O) groups excluding carboxylic acids is 1. The number of thioether (sulfide) groups is 1. The number of fused-ring (bicyclic) bond motifs is 3. The minimum absolute atomic E-state index is 0.0689. The van der Waals surface area contributed by atoms with Gasteiger partial charge in [0, 0.05) is 16.3 Å². The Morgan fingerprint density at radius 3 is 2.71 bits per heavy atom. The highest BCUT2D eigenvalue weighted by molar-refractivity contribution is 8.00. The van der Waals surface area contributed by atoms with Crippen molar-refractivity contribution < 1.29 is 9.53 Å². The highest BCUT2D eigenvalue weighted by atomic mass is 35.5. The maximum Gasteiger partial charge on any atom is 0.319 e. The maximum absolute atomic E-state index is 13.6. The fourth-order valence-electron chi connectivity index (χ4n) is 3.79. The molecule has 2 aliphatic rings. The fourth-order valence-corrected chi connectivity index (χ4v) is 6.30. The average molecular weight is 433 g/mol. The first-order valence-electron chi connectivity index (χ1n) is 9.28. The van der Waals surface area contributed by atoms with Gasteiger partial charge in [-0.2, -0.15) is 0 Å². The maximum atomic E-state index is 13.6. The Morgan fingerprint density at radius 1 is 1.18 bits per heavy atom.